The molecule has 130 valence electrons. The van der Waals surface area contributed by atoms with E-state index in [9.17, 15) is 4.79 Å². The van der Waals surface area contributed by atoms with Crippen LogP contribution in [0.1, 0.15) is 47.2 Å². The lowest BCUT2D eigenvalue weighted by Gasteiger charge is -2.09. The number of ether oxygens (including phenoxy) is 1. The summed E-state index contributed by atoms with van der Waals surface area (Å²) in [6.45, 7) is 4.25. The first-order valence-electron chi connectivity index (χ1n) is 8.04. The number of rotatable bonds is 5. The molecule has 0 spiro atoms. The molecular formula is C19H20ClN3O2. The number of aromatic nitrogens is 2. The number of benzene rings is 1. The third kappa shape index (κ3) is 3.33. The predicted octanol–water partition coefficient (Wildman–Crippen LogP) is 4.04. The van der Waals surface area contributed by atoms with Crippen LogP contribution in [0.5, 0.6) is 5.75 Å². The van der Waals surface area contributed by atoms with Crippen molar-refractivity contribution < 1.29 is 9.53 Å². The average molecular weight is 358 g/mol. The third-order valence-electron chi connectivity index (χ3n) is 4.21. The lowest BCUT2D eigenvalue weighted by Crippen LogP contribution is -2.13. The summed E-state index contributed by atoms with van der Waals surface area (Å²) in [5.74, 6) is 0.398. The quantitative estimate of drug-likeness (QED) is 0.723. The summed E-state index contributed by atoms with van der Waals surface area (Å²) in [6.07, 6.45) is 0.581. The highest BCUT2D eigenvalue weighted by Crippen LogP contribution is 2.35. The van der Waals surface area contributed by atoms with Gasteiger partial charge >= 0.3 is 0 Å². The molecule has 0 atom stereocenters. The zero-order valence-electron chi connectivity index (χ0n) is 14.4. The number of hydrogen-bond acceptors (Lipinski definition) is 3. The number of carbonyl (C=O) groups is 1. The van der Waals surface area contributed by atoms with Gasteiger partial charge in [-0.3, -0.25) is 4.79 Å². The molecule has 0 unspecified atom stereocenters. The second-order valence-corrected chi connectivity index (χ2v) is 6.67. The number of nitrogens with one attached hydrogen (secondary N) is 1. The van der Waals surface area contributed by atoms with Gasteiger partial charge in [-0.1, -0.05) is 31.5 Å². The lowest BCUT2D eigenvalue weighted by atomic mass is 9.99. The number of nitrogens with zero attached hydrogens (tertiary/aromatic N) is 1. The van der Waals surface area contributed by atoms with Crippen LogP contribution in [-0.2, 0) is 6.42 Å². The van der Waals surface area contributed by atoms with E-state index in [1.807, 2.05) is 18.2 Å². The Morgan fingerprint density at radius 1 is 1.36 bits per heavy atom. The van der Waals surface area contributed by atoms with Crippen molar-refractivity contribution in [2.45, 2.75) is 26.2 Å². The van der Waals surface area contributed by atoms with E-state index in [0.717, 1.165) is 27.9 Å². The van der Waals surface area contributed by atoms with Gasteiger partial charge in [0.2, 0.25) is 0 Å². The van der Waals surface area contributed by atoms with E-state index in [2.05, 4.69) is 23.8 Å². The number of carbonyl (C=O) groups excluding carboxylic acids is 1. The van der Waals surface area contributed by atoms with Gasteiger partial charge in [0.15, 0.2) is 0 Å². The molecule has 0 saturated heterocycles. The second-order valence-electron chi connectivity index (χ2n) is 6.26. The van der Waals surface area contributed by atoms with E-state index in [1.54, 1.807) is 19.2 Å². The number of pyridine rings is 1. The molecule has 0 bridgehead atoms. The van der Waals surface area contributed by atoms with Crippen molar-refractivity contribution in [1.29, 1.82) is 0 Å². The van der Waals surface area contributed by atoms with Crippen LogP contribution in [0.15, 0.2) is 30.3 Å². The summed E-state index contributed by atoms with van der Waals surface area (Å²) in [7, 11) is 1.60. The average Bonchev–Trinajstić information content (AvgIpc) is 2.92. The summed E-state index contributed by atoms with van der Waals surface area (Å²) in [5.41, 5.74) is 9.58. The Kier molecular flexibility index (Phi) is 4.68. The van der Waals surface area contributed by atoms with Crippen LogP contribution in [0, 0.1) is 0 Å². The highest BCUT2D eigenvalue weighted by atomic mass is 35.5. The molecule has 1 aromatic carbocycles. The Morgan fingerprint density at radius 3 is 2.76 bits per heavy atom. The highest BCUT2D eigenvalue weighted by Gasteiger charge is 2.17. The standard InChI is InChI=1S/C19H20ClN3O2/c1-10(2)18-13(7-11-5-4-6-15(22-11)19(21)24)12-8-14(20)17(25-3)9-16(12)23-18/h4-6,8-10,23H,7H2,1-3H3,(H2,21,24). The van der Waals surface area contributed by atoms with E-state index in [1.165, 1.54) is 0 Å². The number of methoxy groups -OCH3 is 1. The predicted molar refractivity (Wildman–Crippen MR) is 99.5 cm³/mol. The van der Waals surface area contributed by atoms with E-state index >= 15 is 0 Å². The maximum absolute atomic E-state index is 11.4. The Bertz CT molecular complexity index is 947. The fraction of sp³-hybridized carbons (Fsp3) is 0.263. The minimum Gasteiger partial charge on any atom is -0.495 e. The zero-order chi connectivity index (χ0) is 18.1. The van der Waals surface area contributed by atoms with Gasteiger partial charge in [0, 0.05) is 34.8 Å². The normalized spacial score (nSPS) is 11.2. The molecule has 0 radical (unpaired) electrons. The summed E-state index contributed by atoms with van der Waals surface area (Å²) < 4.78 is 5.31. The van der Waals surface area contributed by atoms with Crippen molar-refractivity contribution in [1.82, 2.24) is 9.97 Å². The number of amides is 1. The van der Waals surface area contributed by atoms with Crippen molar-refractivity contribution in [2.24, 2.45) is 5.73 Å². The minimum absolute atomic E-state index is 0.267. The fourth-order valence-electron chi connectivity index (χ4n) is 3.01. The van der Waals surface area contributed by atoms with E-state index in [0.29, 0.717) is 23.1 Å². The Hall–Kier alpha value is -2.53. The van der Waals surface area contributed by atoms with E-state index < -0.39 is 5.91 Å². The summed E-state index contributed by atoms with van der Waals surface area (Å²) in [4.78, 5) is 19.2. The number of aromatic amines is 1. The molecule has 5 nitrogen and oxygen atoms in total. The van der Waals surface area contributed by atoms with Crippen molar-refractivity contribution >= 4 is 28.4 Å². The minimum atomic E-state index is -0.530. The number of halogens is 1. The Balaban J connectivity index is 2.13. The summed E-state index contributed by atoms with van der Waals surface area (Å²) in [5, 5.41) is 1.59. The Labute approximate surface area is 151 Å². The first-order valence-corrected chi connectivity index (χ1v) is 8.42. The van der Waals surface area contributed by atoms with Crippen LogP contribution in [0.3, 0.4) is 0 Å². The van der Waals surface area contributed by atoms with Crippen molar-refractivity contribution in [3.8, 4) is 5.75 Å². The molecule has 0 saturated carbocycles. The molecular weight excluding hydrogens is 338 g/mol. The molecule has 25 heavy (non-hydrogen) atoms. The van der Waals surface area contributed by atoms with E-state index in [4.69, 9.17) is 22.1 Å². The molecule has 1 amide bonds. The van der Waals surface area contributed by atoms with Gasteiger partial charge in [0.1, 0.15) is 11.4 Å². The smallest absolute Gasteiger partial charge is 0.267 e. The first kappa shape index (κ1) is 17.3. The van der Waals surface area contributed by atoms with Crippen LogP contribution in [0.4, 0.5) is 0 Å². The summed E-state index contributed by atoms with van der Waals surface area (Å²) in [6, 6.07) is 9.11. The maximum atomic E-state index is 11.4. The molecule has 0 aliphatic rings. The van der Waals surface area contributed by atoms with Gasteiger partial charge in [-0.25, -0.2) is 4.98 Å². The van der Waals surface area contributed by atoms with Gasteiger partial charge in [-0.05, 0) is 29.7 Å². The van der Waals surface area contributed by atoms with Crippen molar-refractivity contribution in [3.63, 3.8) is 0 Å². The molecule has 0 aliphatic carbocycles. The van der Waals surface area contributed by atoms with Gasteiger partial charge in [-0.2, -0.15) is 0 Å². The van der Waals surface area contributed by atoms with Gasteiger partial charge in [-0.15, -0.1) is 0 Å². The topological polar surface area (TPSA) is 81.0 Å². The SMILES string of the molecule is COc1cc2[nH]c(C(C)C)c(Cc3cccc(C(N)=O)n3)c2cc1Cl. The second kappa shape index (κ2) is 6.76. The maximum Gasteiger partial charge on any atom is 0.267 e. The number of H-pyrrole nitrogens is 1. The van der Waals surface area contributed by atoms with Crippen LogP contribution < -0.4 is 10.5 Å². The molecule has 3 rings (SSSR count). The molecule has 3 aromatic rings. The third-order valence-corrected chi connectivity index (χ3v) is 4.50. The van der Waals surface area contributed by atoms with Gasteiger partial charge < -0.3 is 15.5 Å². The Morgan fingerprint density at radius 2 is 2.12 bits per heavy atom. The van der Waals surface area contributed by atoms with Crippen LogP contribution >= 0.6 is 11.6 Å². The van der Waals surface area contributed by atoms with Gasteiger partial charge in [0.05, 0.1) is 12.1 Å². The lowest BCUT2D eigenvalue weighted by molar-refractivity contribution is 0.0995. The molecule has 3 N–H and O–H groups in total. The number of primary amides is 1. The van der Waals surface area contributed by atoms with E-state index in [-0.39, 0.29) is 5.69 Å². The first-order chi connectivity index (χ1) is 11.9. The van der Waals surface area contributed by atoms with Crippen molar-refractivity contribution in [3.05, 3.63) is 58.0 Å². The van der Waals surface area contributed by atoms with Crippen LogP contribution in [-0.4, -0.2) is 23.0 Å². The highest BCUT2D eigenvalue weighted by molar-refractivity contribution is 6.32. The monoisotopic (exact) mass is 357 g/mol. The largest absolute Gasteiger partial charge is 0.495 e. The molecule has 0 aliphatic heterocycles. The van der Waals surface area contributed by atoms with Crippen LogP contribution in [0.25, 0.3) is 10.9 Å². The number of hydrogen-bond donors (Lipinski definition) is 2. The fourth-order valence-corrected chi connectivity index (χ4v) is 3.25. The van der Waals surface area contributed by atoms with Crippen molar-refractivity contribution in [2.75, 3.05) is 7.11 Å². The molecule has 2 aromatic heterocycles. The number of nitrogens with two attached hydrogens (primary N) is 1. The number of fused-ring (bicyclic) bond motifs is 1. The van der Waals surface area contributed by atoms with Crippen LogP contribution in [0.2, 0.25) is 5.02 Å². The molecule has 2 heterocycles. The molecule has 6 heteroatoms. The molecule has 0 fully saturated rings. The van der Waals surface area contributed by atoms with Gasteiger partial charge in [0.25, 0.3) is 5.91 Å². The zero-order valence-corrected chi connectivity index (χ0v) is 15.1. The summed E-state index contributed by atoms with van der Waals surface area (Å²) >= 11 is 6.32.